The van der Waals surface area contributed by atoms with Gasteiger partial charge in [0, 0.05) is 6.42 Å². The summed E-state index contributed by atoms with van der Waals surface area (Å²) in [6.45, 7) is 1.82. The third-order valence-corrected chi connectivity index (χ3v) is 2.28. The Kier molecular flexibility index (Phi) is 3.68. The minimum atomic E-state index is -1.17. The van der Waals surface area contributed by atoms with Crippen molar-refractivity contribution in [3.63, 3.8) is 0 Å². The molecule has 0 aromatic heterocycles. The molecule has 0 aliphatic carbocycles. The maximum atomic E-state index is 10.7. The fourth-order valence-electron chi connectivity index (χ4n) is 1.33. The lowest BCUT2D eigenvalue weighted by Crippen LogP contribution is -2.09. The monoisotopic (exact) mass is 210 g/mol. The molecule has 4 heteroatoms. The van der Waals surface area contributed by atoms with E-state index in [1.807, 2.05) is 6.92 Å². The van der Waals surface area contributed by atoms with Gasteiger partial charge in [0.2, 0.25) is 0 Å². The summed E-state index contributed by atoms with van der Waals surface area (Å²) in [5.41, 5.74) is 0.333. The Hall–Kier alpha value is -1.55. The van der Waals surface area contributed by atoms with Gasteiger partial charge in [0.1, 0.15) is 11.3 Å². The normalized spacial score (nSPS) is 12.4. The van der Waals surface area contributed by atoms with Gasteiger partial charge < -0.3 is 15.3 Å². The Morgan fingerprint density at radius 2 is 2.13 bits per heavy atom. The number of carboxylic acids is 1. The summed E-state index contributed by atoms with van der Waals surface area (Å²) >= 11 is 0. The lowest BCUT2D eigenvalue weighted by atomic mass is 10.0. The summed E-state index contributed by atoms with van der Waals surface area (Å²) in [5, 5.41) is 27.8. The molecule has 0 spiro atoms. The number of aromatic hydroxyl groups is 1. The van der Waals surface area contributed by atoms with Gasteiger partial charge in [0.25, 0.3) is 0 Å². The molecule has 15 heavy (non-hydrogen) atoms. The van der Waals surface area contributed by atoms with E-state index in [-0.39, 0.29) is 17.7 Å². The lowest BCUT2D eigenvalue weighted by molar-refractivity contribution is 0.0693. The lowest BCUT2D eigenvalue weighted by Gasteiger charge is -2.10. The van der Waals surface area contributed by atoms with Gasteiger partial charge in [-0.2, -0.15) is 0 Å². The minimum absolute atomic E-state index is 0.129. The van der Waals surface area contributed by atoms with Crippen molar-refractivity contribution < 1.29 is 20.1 Å². The third-order valence-electron chi connectivity index (χ3n) is 2.28. The maximum absolute atomic E-state index is 10.7. The Morgan fingerprint density at radius 3 is 2.67 bits per heavy atom. The number of aromatic carboxylic acids is 1. The highest BCUT2D eigenvalue weighted by molar-refractivity contribution is 5.91. The second-order valence-electron chi connectivity index (χ2n) is 3.38. The average molecular weight is 210 g/mol. The first-order valence-corrected chi connectivity index (χ1v) is 4.78. The molecule has 4 nitrogen and oxygen atoms in total. The second-order valence-corrected chi connectivity index (χ2v) is 3.38. The number of rotatable bonds is 4. The van der Waals surface area contributed by atoms with Crippen molar-refractivity contribution in [3.05, 3.63) is 29.3 Å². The predicted molar refractivity (Wildman–Crippen MR) is 55.1 cm³/mol. The highest BCUT2D eigenvalue weighted by atomic mass is 16.4. The SMILES string of the molecule is CCC(O)Cc1cccc(C(=O)O)c1O. The van der Waals surface area contributed by atoms with E-state index in [0.717, 1.165) is 0 Å². The number of benzene rings is 1. The molecular weight excluding hydrogens is 196 g/mol. The number of phenols is 1. The van der Waals surface area contributed by atoms with Crippen LogP contribution < -0.4 is 0 Å². The standard InChI is InChI=1S/C11H14O4/c1-2-8(12)6-7-4-3-5-9(10(7)13)11(14)15/h3-5,8,12-13H,2,6H2,1H3,(H,14,15). The van der Waals surface area contributed by atoms with E-state index in [1.54, 1.807) is 12.1 Å². The zero-order chi connectivity index (χ0) is 11.4. The van der Waals surface area contributed by atoms with E-state index in [9.17, 15) is 15.0 Å². The van der Waals surface area contributed by atoms with E-state index < -0.39 is 12.1 Å². The van der Waals surface area contributed by atoms with Crippen LogP contribution in [0.25, 0.3) is 0 Å². The van der Waals surface area contributed by atoms with Crippen molar-refractivity contribution in [2.45, 2.75) is 25.9 Å². The number of hydrogen-bond acceptors (Lipinski definition) is 3. The Morgan fingerprint density at radius 1 is 1.47 bits per heavy atom. The molecule has 0 radical (unpaired) electrons. The van der Waals surface area contributed by atoms with E-state index in [1.165, 1.54) is 6.07 Å². The van der Waals surface area contributed by atoms with E-state index in [0.29, 0.717) is 12.0 Å². The van der Waals surface area contributed by atoms with Gasteiger partial charge >= 0.3 is 5.97 Å². The van der Waals surface area contributed by atoms with Crippen LogP contribution in [0, 0.1) is 0 Å². The van der Waals surface area contributed by atoms with Crippen LogP contribution in [0.5, 0.6) is 5.75 Å². The maximum Gasteiger partial charge on any atom is 0.339 e. The summed E-state index contributed by atoms with van der Waals surface area (Å²) in [6.07, 6.45) is 0.278. The molecule has 82 valence electrons. The number of para-hydroxylation sites is 1. The van der Waals surface area contributed by atoms with E-state index in [4.69, 9.17) is 5.11 Å². The molecule has 1 atom stereocenters. The molecule has 0 fully saturated rings. The van der Waals surface area contributed by atoms with Crippen LogP contribution in [-0.4, -0.2) is 27.4 Å². The molecular formula is C11H14O4. The van der Waals surface area contributed by atoms with Gasteiger partial charge in [0.05, 0.1) is 6.10 Å². The number of carbonyl (C=O) groups is 1. The smallest absolute Gasteiger partial charge is 0.339 e. The molecule has 1 rings (SSSR count). The Bertz CT molecular complexity index is 360. The van der Waals surface area contributed by atoms with Crippen LogP contribution in [0.15, 0.2) is 18.2 Å². The molecule has 3 N–H and O–H groups in total. The Balaban J connectivity index is 2.99. The molecule has 0 amide bonds. The van der Waals surface area contributed by atoms with Gasteiger partial charge in [-0.25, -0.2) is 4.79 Å². The third kappa shape index (κ3) is 2.70. The molecule has 0 heterocycles. The van der Waals surface area contributed by atoms with Crippen molar-refractivity contribution in [1.82, 2.24) is 0 Å². The molecule has 0 aliphatic rings. The van der Waals surface area contributed by atoms with Crippen LogP contribution >= 0.6 is 0 Å². The fraction of sp³-hybridized carbons (Fsp3) is 0.364. The van der Waals surface area contributed by atoms with Crippen LogP contribution in [0.4, 0.5) is 0 Å². The van der Waals surface area contributed by atoms with Gasteiger partial charge in [0.15, 0.2) is 0 Å². The van der Waals surface area contributed by atoms with E-state index >= 15 is 0 Å². The van der Waals surface area contributed by atoms with Crippen molar-refractivity contribution in [1.29, 1.82) is 0 Å². The number of carboxylic acid groups (broad SMARTS) is 1. The van der Waals surface area contributed by atoms with Crippen molar-refractivity contribution in [2.75, 3.05) is 0 Å². The largest absolute Gasteiger partial charge is 0.507 e. The molecule has 1 aromatic carbocycles. The number of aliphatic hydroxyl groups is 1. The summed E-state index contributed by atoms with van der Waals surface area (Å²) in [6, 6.07) is 4.50. The first kappa shape index (κ1) is 11.5. The topological polar surface area (TPSA) is 77.8 Å². The van der Waals surface area contributed by atoms with Crippen molar-refractivity contribution in [3.8, 4) is 5.75 Å². The number of hydrogen-bond donors (Lipinski definition) is 3. The van der Waals surface area contributed by atoms with Crippen LogP contribution in [0.3, 0.4) is 0 Å². The molecule has 1 unspecified atom stereocenters. The Labute approximate surface area is 87.8 Å². The highest BCUT2D eigenvalue weighted by Crippen LogP contribution is 2.24. The summed E-state index contributed by atoms with van der Waals surface area (Å²) in [4.78, 5) is 10.7. The summed E-state index contributed by atoms with van der Waals surface area (Å²) < 4.78 is 0. The molecule has 1 aromatic rings. The summed E-state index contributed by atoms with van der Waals surface area (Å²) in [7, 11) is 0. The summed E-state index contributed by atoms with van der Waals surface area (Å²) in [5.74, 6) is -1.42. The molecule has 0 bridgehead atoms. The minimum Gasteiger partial charge on any atom is -0.507 e. The van der Waals surface area contributed by atoms with Crippen LogP contribution in [0.1, 0.15) is 29.3 Å². The fourth-order valence-corrected chi connectivity index (χ4v) is 1.33. The molecule has 0 saturated carbocycles. The van der Waals surface area contributed by atoms with E-state index in [2.05, 4.69) is 0 Å². The number of aliphatic hydroxyl groups excluding tert-OH is 1. The van der Waals surface area contributed by atoms with Gasteiger partial charge in [-0.3, -0.25) is 0 Å². The molecule has 0 saturated heterocycles. The first-order chi connectivity index (χ1) is 7.06. The molecule has 0 aliphatic heterocycles. The van der Waals surface area contributed by atoms with Crippen LogP contribution in [-0.2, 0) is 6.42 Å². The quantitative estimate of drug-likeness (QED) is 0.702. The average Bonchev–Trinajstić information content (AvgIpc) is 2.20. The van der Waals surface area contributed by atoms with Crippen LogP contribution in [0.2, 0.25) is 0 Å². The predicted octanol–water partition coefficient (Wildman–Crippen LogP) is 1.40. The van der Waals surface area contributed by atoms with Gasteiger partial charge in [-0.1, -0.05) is 19.1 Å². The van der Waals surface area contributed by atoms with Gasteiger partial charge in [-0.15, -0.1) is 0 Å². The first-order valence-electron chi connectivity index (χ1n) is 4.78. The zero-order valence-corrected chi connectivity index (χ0v) is 8.47. The second kappa shape index (κ2) is 4.79. The highest BCUT2D eigenvalue weighted by Gasteiger charge is 2.14. The van der Waals surface area contributed by atoms with Gasteiger partial charge in [-0.05, 0) is 18.1 Å². The van der Waals surface area contributed by atoms with Crippen molar-refractivity contribution in [2.24, 2.45) is 0 Å². The zero-order valence-electron chi connectivity index (χ0n) is 8.47. The van der Waals surface area contributed by atoms with Crippen molar-refractivity contribution >= 4 is 5.97 Å².